The molecule has 12 atom stereocenters. The third kappa shape index (κ3) is 16.3. The minimum Gasteiger partial charge on any atom is -1.00 e. The Balaban J connectivity index is 0.00000900. The lowest BCUT2D eigenvalue weighted by Gasteiger charge is -2.52. The fourth-order valence-electron chi connectivity index (χ4n) is 12.1. The molecule has 14 heteroatoms. The third-order valence-electron chi connectivity index (χ3n) is 15.6. The fraction of sp³-hybridized carbons (Fsp3) is 1.00. The quantitative estimate of drug-likeness (QED) is 0.0677. The molecule has 0 heterocycles. The van der Waals surface area contributed by atoms with Crippen molar-refractivity contribution in [2.24, 2.45) is 23.7 Å². The molecule has 0 aromatic heterocycles. The van der Waals surface area contributed by atoms with E-state index >= 15 is 0 Å². The van der Waals surface area contributed by atoms with Crippen LogP contribution in [0.1, 0.15) is 103 Å². The Morgan fingerprint density at radius 1 is 0.500 bits per heavy atom. The van der Waals surface area contributed by atoms with Crippen LogP contribution in [0, 0.1) is 23.7 Å². The summed E-state index contributed by atoms with van der Waals surface area (Å²) in [5.41, 5.74) is 0. The van der Waals surface area contributed by atoms with Gasteiger partial charge in [0.05, 0.1) is 31.7 Å². The summed E-state index contributed by atoms with van der Waals surface area (Å²) in [7, 11) is 1.48. The highest BCUT2D eigenvalue weighted by atomic mass is 35.5. The lowest BCUT2D eigenvalue weighted by Crippen LogP contribution is -3.00. The van der Waals surface area contributed by atoms with Crippen molar-refractivity contribution in [3.8, 4) is 0 Å². The van der Waals surface area contributed by atoms with Crippen LogP contribution in [0.2, 0.25) is 76.6 Å². The van der Waals surface area contributed by atoms with E-state index in [1.165, 1.54) is 24.9 Å². The Bertz CT molecular complexity index is 1230. The van der Waals surface area contributed by atoms with E-state index in [0.717, 1.165) is 106 Å². The Kier molecular flexibility index (Phi) is 20.6. The maximum atomic E-state index is 11.7. The monoisotopic (exact) mass is 927 g/mol. The van der Waals surface area contributed by atoms with Crippen LogP contribution in [0.3, 0.4) is 0 Å². The van der Waals surface area contributed by atoms with Gasteiger partial charge in [0, 0.05) is 18.9 Å². The summed E-state index contributed by atoms with van der Waals surface area (Å²) >= 11 is 6.27. The lowest BCUT2D eigenvalue weighted by molar-refractivity contribution is -0.947. The van der Waals surface area contributed by atoms with Gasteiger partial charge in [-0.1, -0.05) is 25.7 Å². The van der Waals surface area contributed by atoms with Gasteiger partial charge >= 0.3 is 0 Å². The lowest BCUT2D eigenvalue weighted by atomic mass is 9.77. The molecule has 8 nitrogen and oxygen atoms in total. The van der Waals surface area contributed by atoms with Crippen LogP contribution in [-0.4, -0.2) is 139 Å². The average molecular weight is 928 g/mol. The molecule has 4 saturated carbocycles. The highest BCUT2D eigenvalue weighted by molar-refractivity contribution is 6.85. The molecule has 0 aliphatic heterocycles. The number of rotatable bonds is 19. The molecule has 4 fully saturated rings. The zero-order valence-corrected chi connectivity index (χ0v) is 44.8. The van der Waals surface area contributed by atoms with Crippen molar-refractivity contribution >= 4 is 44.9 Å². The Morgan fingerprint density at radius 3 is 1.31 bits per heavy atom. The minimum atomic E-state index is -1.85. The average Bonchev–Trinajstić information content (AvgIpc) is 3.09. The van der Waals surface area contributed by atoms with Crippen molar-refractivity contribution in [3.63, 3.8) is 0 Å². The summed E-state index contributed by atoms with van der Waals surface area (Å²) in [6, 6.07) is 5.29. The van der Waals surface area contributed by atoms with Crippen LogP contribution in [-0.2, 0) is 8.23 Å². The molecule has 0 spiro atoms. The molecule has 4 N–H and O–H groups in total. The summed E-state index contributed by atoms with van der Waals surface area (Å²) < 4.78 is 14.9. The standard InChI is InChI=1S/C44H92ClN2O6Si4.ClH/c1-46(2)38-29-33(15-19-41(38)48)21-25-54(5,6)52-55(7,8)26-22-34-16-20-42(49)40(30-34)47(3,4)39-18-14-36(32-44(39)51)24-28-57(11,12)53-56(9,10)27-23-35-13-17-37(45)43(50)31-35;/h33-44,48-51H,13-32H2,1-12H3;1H/q+1;/p-1. The number of aliphatic hydroxyl groups excluding tert-OH is 4. The normalized spacial score (nSPS) is 34.9. The molecule has 344 valence electrons. The topological polar surface area (TPSA) is 103 Å². The Labute approximate surface area is 372 Å². The van der Waals surface area contributed by atoms with E-state index < -0.39 is 33.3 Å². The minimum absolute atomic E-state index is 0. The van der Waals surface area contributed by atoms with Crippen LogP contribution in [0.4, 0.5) is 0 Å². The first-order valence-electron chi connectivity index (χ1n) is 23.5. The van der Waals surface area contributed by atoms with E-state index in [1.54, 1.807) is 0 Å². The highest BCUT2D eigenvalue weighted by Crippen LogP contribution is 2.42. The molecule has 4 aliphatic rings. The van der Waals surface area contributed by atoms with Crippen molar-refractivity contribution in [1.82, 2.24) is 4.90 Å². The first-order chi connectivity index (χ1) is 26.3. The molecule has 4 rings (SSSR count). The maximum absolute atomic E-state index is 11.7. The molecule has 12 unspecified atom stereocenters. The largest absolute Gasteiger partial charge is 1.00 e. The molecule has 0 bridgehead atoms. The fourth-order valence-corrected chi connectivity index (χ4v) is 30.3. The molecule has 0 aromatic rings. The second-order valence-electron chi connectivity index (χ2n) is 23.2. The Hall–Kier alpha value is 1.13. The number of alkyl halides is 1. The molecular formula is C44H92Cl2N2O6Si4. The molecular weight excluding hydrogens is 836 g/mol. The van der Waals surface area contributed by atoms with Crippen LogP contribution in [0.5, 0.6) is 0 Å². The second-order valence-corrected chi connectivity index (χ2v) is 41.5. The zero-order valence-electron chi connectivity index (χ0n) is 39.3. The van der Waals surface area contributed by atoms with Gasteiger partial charge in [0.15, 0.2) is 33.3 Å². The van der Waals surface area contributed by atoms with E-state index in [9.17, 15) is 20.4 Å². The van der Waals surface area contributed by atoms with Crippen LogP contribution in [0.15, 0.2) is 0 Å². The van der Waals surface area contributed by atoms with Crippen molar-refractivity contribution in [3.05, 3.63) is 0 Å². The van der Waals surface area contributed by atoms with Crippen molar-refractivity contribution in [2.45, 2.75) is 227 Å². The molecule has 0 saturated heterocycles. The van der Waals surface area contributed by atoms with Crippen LogP contribution < -0.4 is 12.4 Å². The number of likely N-dealkylation sites (N-methyl/N-ethyl adjacent to an activating group) is 2. The number of hydrogen-bond donors (Lipinski definition) is 4. The summed E-state index contributed by atoms with van der Waals surface area (Å²) in [6.45, 7) is 19.3. The van der Waals surface area contributed by atoms with Gasteiger partial charge in [0.1, 0.15) is 24.3 Å². The summed E-state index contributed by atoms with van der Waals surface area (Å²) in [5.74, 6) is 2.40. The van der Waals surface area contributed by atoms with Crippen LogP contribution in [0.25, 0.3) is 0 Å². The number of aliphatic hydroxyl groups is 4. The van der Waals surface area contributed by atoms with Gasteiger partial charge in [-0.15, -0.1) is 11.6 Å². The number of quaternary nitrogens is 1. The summed E-state index contributed by atoms with van der Waals surface area (Å²) in [6.07, 6.45) is 15.6. The van der Waals surface area contributed by atoms with Gasteiger partial charge in [-0.25, -0.2) is 0 Å². The number of hydrogen-bond acceptors (Lipinski definition) is 7. The van der Waals surface area contributed by atoms with E-state index in [-0.39, 0.29) is 60.3 Å². The van der Waals surface area contributed by atoms with E-state index in [0.29, 0.717) is 23.7 Å². The van der Waals surface area contributed by atoms with Crippen LogP contribution >= 0.6 is 11.6 Å². The first kappa shape index (κ1) is 53.5. The van der Waals surface area contributed by atoms with E-state index in [1.807, 2.05) is 0 Å². The Morgan fingerprint density at radius 2 is 0.879 bits per heavy atom. The second kappa shape index (κ2) is 22.4. The highest BCUT2D eigenvalue weighted by Gasteiger charge is 2.49. The molecule has 0 aromatic carbocycles. The zero-order chi connectivity index (χ0) is 42.6. The van der Waals surface area contributed by atoms with Crippen molar-refractivity contribution in [2.75, 3.05) is 28.2 Å². The molecule has 0 radical (unpaired) electrons. The van der Waals surface area contributed by atoms with Gasteiger partial charge in [0.2, 0.25) is 0 Å². The smallest absolute Gasteiger partial charge is 0.173 e. The SMILES string of the molecule is CN(C)C1CC(CC[Si](C)(C)O[Si](C)(C)CCC2CCC(O)C([N+](C)(C)C3CCC(CC[Si](C)(C)O[Si](C)(C)CCC4CCC(Cl)C(O)C4)CC3O)C2)CCC1O.[Cl-]. The number of nitrogens with zero attached hydrogens (tertiary/aromatic N) is 2. The third-order valence-corrected chi connectivity index (χ3v) is 30.9. The van der Waals surface area contributed by atoms with E-state index in [4.69, 9.17) is 19.8 Å². The van der Waals surface area contributed by atoms with E-state index in [2.05, 4.69) is 85.5 Å². The summed E-state index contributed by atoms with van der Waals surface area (Å²) in [4.78, 5) is 2.21. The predicted octanol–water partition coefficient (Wildman–Crippen LogP) is 6.40. The molecule has 0 amide bonds. The van der Waals surface area contributed by atoms with Crippen molar-refractivity contribution < 1.29 is 45.5 Å². The molecule has 4 aliphatic carbocycles. The van der Waals surface area contributed by atoms with Gasteiger partial charge in [0.25, 0.3) is 0 Å². The maximum Gasteiger partial charge on any atom is 0.173 e. The predicted molar refractivity (Wildman–Crippen MR) is 250 cm³/mol. The van der Waals surface area contributed by atoms with Gasteiger partial charge < -0.3 is 50.4 Å². The first-order valence-corrected chi connectivity index (χ1v) is 36.4. The van der Waals surface area contributed by atoms with Crippen molar-refractivity contribution in [1.29, 1.82) is 0 Å². The van der Waals surface area contributed by atoms with Gasteiger partial charge in [-0.05, 0) is 179 Å². The summed E-state index contributed by atoms with van der Waals surface area (Å²) in [5, 5.41) is 43.9. The molecule has 58 heavy (non-hydrogen) atoms. The van der Waals surface area contributed by atoms with Gasteiger partial charge in [-0.2, -0.15) is 0 Å². The number of halogens is 2. The van der Waals surface area contributed by atoms with Gasteiger partial charge in [-0.3, -0.25) is 0 Å².